The fourth-order valence-corrected chi connectivity index (χ4v) is 4.67. The Balaban J connectivity index is 1.83. The molecule has 0 aliphatic carbocycles. The number of sulfonamides is 1. The van der Waals surface area contributed by atoms with E-state index in [1.54, 1.807) is 24.3 Å². The van der Waals surface area contributed by atoms with E-state index < -0.39 is 16.0 Å². The molecule has 0 saturated carbocycles. The van der Waals surface area contributed by atoms with E-state index in [4.69, 9.17) is 51.1 Å². The van der Waals surface area contributed by atoms with E-state index in [1.165, 1.54) is 30.3 Å². The lowest BCUT2D eigenvalue weighted by atomic mass is 10.2. The number of anilines is 1. The van der Waals surface area contributed by atoms with Gasteiger partial charge >= 0.3 is 5.97 Å². The highest BCUT2D eigenvalue weighted by atomic mass is 35.5. The molecule has 3 aromatic rings. The molecular weight excluding hydrogens is 492 g/mol. The Labute approximate surface area is 193 Å². The average Bonchev–Trinajstić information content (AvgIpc) is 2.69. The van der Waals surface area contributed by atoms with Crippen LogP contribution in [-0.4, -0.2) is 14.4 Å². The van der Waals surface area contributed by atoms with Crippen molar-refractivity contribution in [3.8, 4) is 0 Å². The van der Waals surface area contributed by atoms with Gasteiger partial charge in [0.25, 0.3) is 10.0 Å². The Morgan fingerprint density at radius 1 is 0.867 bits per heavy atom. The zero-order chi connectivity index (χ0) is 21.9. The minimum Gasteiger partial charge on any atom is -0.457 e. The first kappa shape index (κ1) is 22.7. The van der Waals surface area contributed by atoms with Gasteiger partial charge in [0.1, 0.15) is 11.5 Å². The van der Waals surface area contributed by atoms with Gasteiger partial charge in [-0.2, -0.15) is 0 Å². The molecule has 3 aromatic carbocycles. The smallest absolute Gasteiger partial charge is 0.338 e. The maximum absolute atomic E-state index is 12.8. The van der Waals surface area contributed by atoms with Crippen molar-refractivity contribution in [1.82, 2.24) is 0 Å². The quantitative estimate of drug-likeness (QED) is 0.391. The Morgan fingerprint density at radius 2 is 1.57 bits per heavy atom. The van der Waals surface area contributed by atoms with E-state index in [0.29, 0.717) is 15.6 Å². The van der Waals surface area contributed by atoms with Gasteiger partial charge in [0, 0.05) is 10.0 Å². The fourth-order valence-electron chi connectivity index (χ4n) is 2.47. The molecule has 10 heteroatoms. The summed E-state index contributed by atoms with van der Waals surface area (Å²) in [7, 11) is -4.16. The van der Waals surface area contributed by atoms with Crippen molar-refractivity contribution < 1.29 is 17.9 Å². The number of hydrogen-bond donors (Lipinski definition) is 1. The van der Waals surface area contributed by atoms with E-state index in [0.717, 1.165) is 6.07 Å². The number of esters is 1. The molecule has 0 heterocycles. The molecule has 5 nitrogen and oxygen atoms in total. The summed E-state index contributed by atoms with van der Waals surface area (Å²) < 4.78 is 33.2. The third-order valence-electron chi connectivity index (χ3n) is 3.89. The molecule has 0 spiro atoms. The zero-order valence-electron chi connectivity index (χ0n) is 15.0. The van der Waals surface area contributed by atoms with Crippen LogP contribution in [0.25, 0.3) is 0 Å². The first-order valence-electron chi connectivity index (χ1n) is 8.35. The minimum absolute atomic E-state index is 0.0130. The molecule has 0 saturated heterocycles. The molecule has 0 unspecified atom stereocenters. The third kappa shape index (κ3) is 5.59. The van der Waals surface area contributed by atoms with Crippen molar-refractivity contribution in [2.45, 2.75) is 11.5 Å². The van der Waals surface area contributed by atoms with Crippen LogP contribution in [0.1, 0.15) is 15.9 Å². The first-order chi connectivity index (χ1) is 14.2. The summed E-state index contributed by atoms with van der Waals surface area (Å²) in [6.07, 6.45) is 0. The number of ether oxygens (including phenoxy) is 1. The second-order valence-corrected chi connectivity index (χ2v) is 9.42. The van der Waals surface area contributed by atoms with Crippen LogP contribution in [0.3, 0.4) is 0 Å². The van der Waals surface area contributed by atoms with Crippen LogP contribution >= 0.6 is 46.4 Å². The maximum atomic E-state index is 12.8. The van der Waals surface area contributed by atoms with Crippen LogP contribution in [0.5, 0.6) is 0 Å². The van der Waals surface area contributed by atoms with Crippen molar-refractivity contribution in [2.24, 2.45) is 0 Å². The van der Waals surface area contributed by atoms with E-state index in [1.807, 2.05) is 0 Å². The van der Waals surface area contributed by atoms with Gasteiger partial charge in [-0.05, 0) is 54.1 Å². The number of nitrogens with one attached hydrogen (secondary N) is 1. The third-order valence-corrected chi connectivity index (χ3v) is 6.53. The molecule has 1 N–H and O–H groups in total. The summed E-state index contributed by atoms with van der Waals surface area (Å²) in [5, 5.41) is 0.874. The van der Waals surface area contributed by atoms with E-state index in [2.05, 4.69) is 4.72 Å². The van der Waals surface area contributed by atoms with Gasteiger partial charge in [0.15, 0.2) is 0 Å². The minimum atomic E-state index is -4.16. The highest BCUT2D eigenvalue weighted by Crippen LogP contribution is 2.30. The summed E-state index contributed by atoms with van der Waals surface area (Å²) in [6, 6.07) is 15.0. The van der Waals surface area contributed by atoms with Gasteiger partial charge in [-0.15, -0.1) is 0 Å². The van der Waals surface area contributed by atoms with Gasteiger partial charge in [0.05, 0.1) is 21.3 Å². The fraction of sp³-hybridized carbons (Fsp3) is 0.0500. The Bertz CT molecular complexity index is 1220. The number of rotatable bonds is 6. The summed E-state index contributed by atoms with van der Waals surface area (Å²) in [5.74, 6) is -0.719. The van der Waals surface area contributed by atoms with E-state index in [9.17, 15) is 13.2 Å². The van der Waals surface area contributed by atoms with Crippen LogP contribution in [0.2, 0.25) is 20.1 Å². The first-order valence-corrected chi connectivity index (χ1v) is 11.3. The van der Waals surface area contributed by atoms with E-state index >= 15 is 0 Å². The standard InChI is InChI=1S/C20H13Cl4NO4S/c21-14-3-1-2-12(8-14)11-29-20(26)13-4-6-17(24)19(9-13)30(27,28)25-18-10-15(22)5-7-16(18)23/h1-10,25H,11H2. The van der Waals surface area contributed by atoms with Gasteiger partial charge < -0.3 is 4.74 Å². The lowest BCUT2D eigenvalue weighted by molar-refractivity contribution is 0.0472. The Kier molecular flexibility index (Phi) is 7.16. The molecule has 0 bridgehead atoms. The molecule has 30 heavy (non-hydrogen) atoms. The molecule has 0 aliphatic heterocycles. The number of benzene rings is 3. The predicted molar refractivity (Wildman–Crippen MR) is 119 cm³/mol. The SMILES string of the molecule is O=C(OCc1cccc(Cl)c1)c1ccc(Cl)c(S(=O)(=O)Nc2cc(Cl)ccc2Cl)c1. The molecule has 0 amide bonds. The zero-order valence-corrected chi connectivity index (χ0v) is 18.9. The van der Waals surface area contributed by atoms with Gasteiger partial charge in [-0.1, -0.05) is 58.5 Å². The summed E-state index contributed by atoms with van der Waals surface area (Å²) in [4.78, 5) is 12.1. The Hall–Kier alpha value is -1.96. The van der Waals surface area contributed by atoms with Crippen LogP contribution in [0.15, 0.2) is 65.6 Å². The molecular formula is C20H13Cl4NO4S. The van der Waals surface area contributed by atoms with Crippen LogP contribution in [0.4, 0.5) is 5.69 Å². The normalized spacial score (nSPS) is 11.2. The topological polar surface area (TPSA) is 72.5 Å². The maximum Gasteiger partial charge on any atom is 0.338 e. The predicted octanol–water partition coefficient (Wildman–Crippen LogP) is 6.46. The number of carbonyl (C=O) groups excluding carboxylic acids is 1. The van der Waals surface area contributed by atoms with Crippen molar-refractivity contribution in [3.63, 3.8) is 0 Å². The lowest BCUT2D eigenvalue weighted by Gasteiger charge is -2.12. The van der Waals surface area contributed by atoms with E-state index in [-0.39, 0.29) is 32.8 Å². The molecule has 3 rings (SSSR count). The monoisotopic (exact) mass is 503 g/mol. The lowest BCUT2D eigenvalue weighted by Crippen LogP contribution is -2.15. The van der Waals surface area contributed by atoms with Crippen molar-refractivity contribution in [2.75, 3.05) is 4.72 Å². The second-order valence-electron chi connectivity index (χ2n) is 6.08. The molecule has 156 valence electrons. The van der Waals surface area contributed by atoms with Crippen LogP contribution < -0.4 is 4.72 Å². The van der Waals surface area contributed by atoms with Crippen LogP contribution in [-0.2, 0) is 21.4 Å². The van der Waals surface area contributed by atoms with Crippen molar-refractivity contribution >= 4 is 68.1 Å². The average molecular weight is 505 g/mol. The number of halogens is 4. The van der Waals surface area contributed by atoms with Gasteiger partial charge in [-0.25, -0.2) is 13.2 Å². The molecule has 0 radical (unpaired) electrons. The summed E-state index contributed by atoms with van der Waals surface area (Å²) >= 11 is 23.9. The number of hydrogen-bond acceptors (Lipinski definition) is 4. The Morgan fingerprint density at radius 3 is 2.30 bits per heavy atom. The van der Waals surface area contributed by atoms with Gasteiger partial charge in [-0.3, -0.25) is 4.72 Å². The highest BCUT2D eigenvalue weighted by molar-refractivity contribution is 7.92. The molecule has 0 atom stereocenters. The molecule has 0 aliphatic rings. The molecule has 0 aromatic heterocycles. The highest BCUT2D eigenvalue weighted by Gasteiger charge is 2.22. The van der Waals surface area contributed by atoms with Crippen molar-refractivity contribution in [3.05, 3.63) is 91.9 Å². The molecule has 0 fully saturated rings. The van der Waals surface area contributed by atoms with Crippen LogP contribution in [0, 0.1) is 0 Å². The summed E-state index contributed by atoms with van der Waals surface area (Å²) in [6.45, 7) is -0.0273. The van der Waals surface area contributed by atoms with Crippen molar-refractivity contribution in [1.29, 1.82) is 0 Å². The number of carbonyl (C=O) groups is 1. The second kappa shape index (κ2) is 9.45. The summed E-state index contributed by atoms with van der Waals surface area (Å²) in [5.41, 5.74) is 0.781. The largest absolute Gasteiger partial charge is 0.457 e. The van der Waals surface area contributed by atoms with Gasteiger partial charge in [0.2, 0.25) is 0 Å².